The van der Waals surface area contributed by atoms with Gasteiger partial charge in [0.1, 0.15) is 17.9 Å². The van der Waals surface area contributed by atoms with E-state index in [1.165, 1.54) is 0 Å². The Morgan fingerprint density at radius 3 is 2.94 bits per heavy atom. The highest BCUT2D eigenvalue weighted by molar-refractivity contribution is 6.04. The maximum Gasteiger partial charge on any atom is 0.249 e. The van der Waals surface area contributed by atoms with Crippen molar-refractivity contribution < 1.29 is 9.59 Å². The lowest BCUT2D eigenvalue weighted by Crippen LogP contribution is -2.57. The first-order valence-corrected chi connectivity index (χ1v) is 5.50. The molecule has 1 aliphatic heterocycles. The van der Waals surface area contributed by atoms with E-state index in [0.29, 0.717) is 11.4 Å². The summed E-state index contributed by atoms with van der Waals surface area (Å²) in [5, 5.41) is 11.4. The molecule has 1 unspecified atom stereocenters. The third-order valence-corrected chi connectivity index (χ3v) is 2.95. The van der Waals surface area contributed by atoms with Gasteiger partial charge in [0.15, 0.2) is 0 Å². The number of hydrogen-bond donors (Lipinski definition) is 1. The van der Waals surface area contributed by atoms with Crippen LogP contribution in [-0.4, -0.2) is 29.4 Å². The van der Waals surface area contributed by atoms with Crippen LogP contribution >= 0.6 is 0 Å². The van der Waals surface area contributed by atoms with Crippen LogP contribution < -0.4 is 10.2 Å². The van der Waals surface area contributed by atoms with Gasteiger partial charge in [0, 0.05) is 6.20 Å². The first-order chi connectivity index (χ1) is 8.54. The predicted octanol–water partition coefficient (Wildman–Crippen LogP) is 0.113. The molecule has 2 heterocycles. The number of rotatable bonds is 1. The molecule has 1 atom stereocenters. The number of anilines is 1. The third kappa shape index (κ3) is 1.91. The van der Waals surface area contributed by atoms with Crippen molar-refractivity contribution in [3.63, 3.8) is 0 Å². The number of aromatic nitrogens is 1. The largest absolute Gasteiger partial charge is 0.334 e. The van der Waals surface area contributed by atoms with E-state index >= 15 is 0 Å². The maximum atomic E-state index is 11.6. The number of hydrogen-bond acceptors (Lipinski definition) is 5. The molecule has 18 heavy (non-hydrogen) atoms. The second kappa shape index (κ2) is 4.45. The molecule has 6 nitrogen and oxygen atoms in total. The van der Waals surface area contributed by atoms with Crippen LogP contribution in [0.5, 0.6) is 0 Å². The van der Waals surface area contributed by atoms with E-state index in [2.05, 4.69) is 16.4 Å². The summed E-state index contributed by atoms with van der Waals surface area (Å²) >= 11 is 0. The zero-order chi connectivity index (χ0) is 13.3. The van der Waals surface area contributed by atoms with Crippen molar-refractivity contribution in [2.24, 2.45) is 0 Å². The standard InChI is InChI=1S/C12H12N4O2/c1-7-3-4-14-11(9(7)5-13)16-6-10(17)15-12(18)8(16)2/h3-4,8H,6H2,1-2H3,(H,15,17,18). The van der Waals surface area contributed by atoms with E-state index in [9.17, 15) is 9.59 Å². The molecule has 0 saturated carbocycles. The molecule has 1 aromatic heterocycles. The lowest BCUT2D eigenvalue weighted by Gasteiger charge is -2.33. The Labute approximate surface area is 104 Å². The fourth-order valence-electron chi connectivity index (χ4n) is 1.87. The number of imide groups is 1. The first kappa shape index (κ1) is 12.0. The number of carbonyl (C=O) groups excluding carboxylic acids is 2. The fraction of sp³-hybridized carbons (Fsp3) is 0.333. The number of nitrogens with zero attached hydrogens (tertiary/aromatic N) is 3. The minimum Gasteiger partial charge on any atom is -0.334 e. The molecular weight excluding hydrogens is 232 g/mol. The van der Waals surface area contributed by atoms with Crippen LogP contribution in [0.4, 0.5) is 5.82 Å². The molecule has 0 bridgehead atoms. The number of aryl methyl sites for hydroxylation is 1. The van der Waals surface area contributed by atoms with Gasteiger partial charge in [0.05, 0.1) is 12.1 Å². The van der Waals surface area contributed by atoms with E-state index in [1.807, 2.05) is 0 Å². The second-order valence-electron chi connectivity index (χ2n) is 4.15. The molecule has 1 fully saturated rings. The molecule has 1 aromatic rings. The van der Waals surface area contributed by atoms with Gasteiger partial charge in [-0.2, -0.15) is 5.26 Å². The normalized spacial score (nSPS) is 19.4. The van der Waals surface area contributed by atoms with Crippen LogP contribution in [0.1, 0.15) is 18.1 Å². The summed E-state index contributed by atoms with van der Waals surface area (Å²) in [5.41, 5.74) is 1.17. The first-order valence-electron chi connectivity index (χ1n) is 5.50. The van der Waals surface area contributed by atoms with Crippen molar-refractivity contribution in [2.75, 3.05) is 11.4 Å². The van der Waals surface area contributed by atoms with Crippen molar-refractivity contribution in [1.82, 2.24) is 10.3 Å². The molecule has 6 heteroatoms. The van der Waals surface area contributed by atoms with E-state index < -0.39 is 6.04 Å². The quantitative estimate of drug-likeness (QED) is 0.709. The number of nitrogens with one attached hydrogen (secondary N) is 1. The van der Waals surface area contributed by atoms with Crippen molar-refractivity contribution in [1.29, 1.82) is 5.26 Å². The van der Waals surface area contributed by atoms with Crippen LogP contribution in [0, 0.1) is 18.3 Å². The van der Waals surface area contributed by atoms with Gasteiger partial charge >= 0.3 is 0 Å². The molecule has 2 rings (SSSR count). The summed E-state index contributed by atoms with van der Waals surface area (Å²) in [6.45, 7) is 3.49. The molecule has 0 aliphatic carbocycles. The summed E-state index contributed by atoms with van der Waals surface area (Å²) in [5.74, 6) is -0.378. The summed E-state index contributed by atoms with van der Waals surface area (Å²) in [7, 11) is 0. The molecule has 0 aromatic carbocycles. The second-order valence-corrected chi connectivity index (χ2v) is 4.15. The van der Waals surface area contributed by atoms with Crippen molar-refractivity contribution in [2.45, 2.75) is 19.9 Å². The lowest BCUT2D eigenvalue weighted by molar-refractivity contribution is -0.132. The van der Waals surface area contributed by atoms with Gasteiger partial charge in [0.2, 0.25) is 11.8 Å². The lowest BCUT2D eigenvalue weighted by atomic mass is 10.1. The summed E-state index contributed by atoms with van der Waals surface area (Å²) in [6.07, 6.45) is 1.56. The minimum absolute atomic E-state index is 0.0258. The average Bonchev–Trinajstić information content (AvgIpc) is 2.33. The Hall–Kier alpha value is -2.42. The Morgan fingerprint density at radius 2 is 2.28 bits per heavy atom. The maximum absolute atomic E-state index is 11.6. The van der Waals surface area contributed by atoms with Crippen LogP contribution in [0.15, 0.2) is 12.3 Å². The highest BCUT2D eigenvalue weighted by atomic mass is 16.2. The van der Waals surface area contributed by atoms with Gasteiger partial charge in [-0.25, -0.2) is 4.98 Å². The number of amides is 2. The topological polar surface area (TPSA) is 86.1 Å². The molecule has 0 spiro atoms. The summed E-state index contributed by atoms with van der Waals surface area (Å²) in [6, 6.07) is 3.26. The van der Waals surface area contributed by atoms with E-state index in [4.69, 9.17) is 5.26 Å². The van der Waals surface area contributed by atoms with E-state index in [0.717, 1.165) is 5.56 Å². The fourth-order valence-corrected chi connectivity index (χ4v) is 1.87. The van der Waals surface area contributed by atoms with Gasteiger partial charge in [-0.05, 0) is 25.5 Å². The van der Waals surface area contributed by atoms with Crippen LogP contribution in [0.2, 0.25) is 0 Å². The summed E-state index contributed by atoms with van der Waals surface area (Å²) in [4.78, 5) is 28.7. The summed E-state index contributed by atoms with van der Waals surface area (Å²) < 4.78 is 0. The Bertz CT molecular complexity index is 562. The highest BCUT2D eigenvalue weighted by Crippen LogP contribution is 2.23. The molecular formula is C12H12N4O2. The number of piperazine rings is 1. The Kier molecular flexibility index (Phi) is 2.98. The molecule has 2 amide bonds. The van der Waals surface area contributed by atoms with Crippen molar-refractivity contribution >= 4 is 17.6 Å². The van der Waals surface area contributed by atoms with Crippen molar-refractivity contribution in [3.8, 4) is 6.07 Å². The number of pyridine rings is 1. The minimum atomic E-state index is -0.524. The Morgan fingerprint density at radius 1 is 1.56 bits per heavy atom. The molecule has 1 saturated heterocycles. The van der Waals surface area contributed by atoms with Crippen LogP contribution in [-0.2, 0) is 9.59 Å². The molecule has 1 aliphatic rings. The zero-order valence-corrected chi connectivity index (χ0v) is 10.1. The van der Waals surface area contributed by atoms with Crippen LogP contribution in [0.25, 0.3) is 0 Å². The van der Waals surface area contributed by atoms with Gasteiger partial charge in [-0.1, -0.05) is 0 Å². The third-order valence-electron chi connectivity index (χ3n) is 2.95. The van der Waals surface area contributed by atoms with Crippen LogP contribution in [0.3, 0.4) is 0 Å². The van der Waals surface area contributed by atoms with Gasteiger partial charge < -0.3 is 4.90 Å². The smallest absolute Gasteiger partial charge is 0.249 e. The number of nitriles is 1. The van der Waals surface area contributed by atoms with Crippen molar-refractivity contribution in [3.05, 3.63) is 23.4 Å². The van der Waals surface area contributed by atoms with E-state index in [-0.39, 0.29) is 18.4 Å². The molecule has 92 valence electrons. The molecule has 0 radical (unpaired) electrons. The predicted molar refractivity (Wildman–Crippen MR) is 63.6 cm³/mol. The average molecular weight is 244 g/mol. The molecule has 1 N–H and O–H groups in total. The van der Waals surface area contributed by atoms with Gasteiger partial charge in [-0.15, -0.1) is 0 Å². The van der Waals surface area contributed by atoms with Gasteiger partial charge in [-0.3, -0.25) is 14.9 Å². The van der Waals surface area contributed by atoms with E-state index in [1.54, 1.807) is 31.0 Å². The van der Waals surface area contributed by atoms with Gasteiger partial charge in [0.25, 0.3) is 0 Å². The Balaban J connectivity index is 2.48. The highest BCUT2D eigenvalue weighted by Gasteiger charge is 2.32. The number of carbonyl (C=O) groups is 2. The zero-order valence-electron chi connectivity index (χ0n) is 10.1. The SMILES string of the molecule is Cc1ccnc(N2CC(=O)NC(=O)C2C)c1C#N. The monoisotopic (exact) mass is 244 g/mol.